The van der Waals surface area contributed by atoms with Crippen molar-refractivity contribution in [3.63, 3.8) is 0 Å². The fourth-order valence-electron chi connectivity index (χ4n) is 1.16. The van der Waals surface area contributed by atoms with Gasteiger partial charge in [-0.2, -0.15) is 0 Å². The van der Waals surface area contributed by atoms with Crippen LogP contribution < -0.4 is 5.73 Å². The smallest absolute Gasteiger partial charge is 0.248 e. The molecule has 0 saturated heterocycles. The maximum atomic E-state index is 12.4. The lowest BCUT2D eigenvalue weighted by atomic mass is 10.1. The van der Waals surface area contributed by atoms with Crippen LogP contribution in [0.4, 0.5) is 8.78 Å². The van der Waals surface area contributed by atoms with Crippen LogP contribution in [0.3, 0.4) is 0 Å². The van der Waals surface area contributed by atoms with Crippen molar-refractivity contribution in [1.29, 1.82) is 0 Å². The van der Waals surface area contributed by atoms with Gasteiger partial charge in [0.05, 0.1) is 17.9 Å². The van der Waals surface area contributed by atoms with E-state index in [1.54, 1.807) is 7.05 Å². The molecule has 6 heteroatoms. The molecule has 1 heterocycles. The predicted octanol–water partition coefficient (Wildman–Crippen LogP) is 1.38. The normalized spacial score (nSPS) is 13.7. The van der Waals surface area contributed by atoms with Crippen molar-refractivity contribution in [3.05, 3.63) is 17.2 Å². The van der Waals surface area contributed by atoms with Crippen LogP contribution in [0.15, 0.2) is 6.33 Å². The summed E-state index contributed by atoms with van der Waals surface area (Å²) < 4.78 is 26.4. The lowest BCUT2D eigenvalue weighted by molar-refractivity contribution is 0.114. The number of imidazole rings is 1. The zero-order chi connectivity index (χ0) is 10.0. The molecule has 0 saturated carbocycles. The molecule has 0 radical (unpaired) electrons. The molecule has 1 unspecified atom stereocenters. The van der Waals surface area contributed by atoms with Crippen molar-refractivity contribution < 1.29 is 8.78 Å². The van der Waals surface area contributed by atoms with Gasteiger partial charge in [0, 0.05) is 13.6 Å². The molecule has 0 fully saturated rings. The van der Waals surface area contributed by atoms with Crippen LogP contribution in [0, 0.1) is 0 Å². The molecule has 0 spiro atoms. The van der Waals surface area contributed by atoms with Crippen molar-refractivity contribution in [2.75, 3.05) is 6.54 Å². The SMILES string of the molecule is Cn1cnc(Cl)c1C(CN)C(F)F. The Hall–Kier alpha value is -0.680. The van der Waals surface area contributed by atoms with Crippen LogP contribution in [-0.2, 0) is 7.05 Å². The zero-order valence-corrected chi connectivity index (χ0v) is 7.80. The largest absolute Gasteiger partial charge is 0.336 e. The number of nitrogens with two attached hydrogens (primary N) is 1. The molecule has 0 bridgehead atoms. The Morgan fingerprint density at radius 2 is 2.31 bits per heavy atom. The Kier molecular flexibility index (Phi) is 3.22. The number of alkyl halides is 2. The zero-order valence-electron chi connectivity index (χ0n) is 7.04. The molecule has 1 atom stereocenters. The van der Waals surface area contributed by atoms with Gasteiger partial charge < -0.3 is 10.3 Å². The minimum atomic E-state index is -2.52. The molecule has 13 heavy (non-hydrogen) atoms. The quantitative estimate of drug-likeness (QED) is 0.818. The van der Waals surface area contributed by atoms with E-state index < -0.39 is 12.3 Å². The number of hydrogen-bond donors (Lipinski definition) is 1. The van der Waals surface area contributed by atoms with E-state index in [1.165, 1.54) is 10.9 Å². The molecule has 0 aliphatic carbocycles. The summed E-state index contributed by atoms with van der Waals surface area (Å²) in [6.45, 7) is -0.142. The summed E-state index contributed by atoms with van der Waals surface area (Å²) >= 11 is 5.64. The number of nitrogens with zero attached hydrogens (tertiary/aromatic N) is 2. The lowest BCUT2D eigenvalue weighted by Gasteiger charge is -2.14. The molecule has 1 rings (SSSR count). The molecule has 1 aromatic heterocycles. The summed E-state index contributed by atoms with van der Waals surface area (Å²) in [6.07, 6.45) is -1.12. The van der Waals surface area contributed by atoms with Gasteiger partial charge in [-0.15, -0.1) is 0 Å². The third kappa shape index (κ3) is 1.97. The Bertz CT molecular complexity index is 268. The second-order valence-corrected chi connectivity index (χ2v) is 3.07. The van der Waals surface area contributed by atoms with Crippen LogP contribution >= 0.6 is 11.6 Å². The highest BCUT2D eigenvalue weighted by Crippen LogP contribution is 2.27. The van der Waals surface area contributed by atoms with E-state index >= 15 is 0 Å². The molecule has 0 aromatic carbocycles. The van der Waals surface area contributed by atoms with Crippen LogP contribution in [0.2, 0.25) is 5.15 Å². The third-order valence-corrected chi connectivity index (χ3v) is 2.14. The summed E-state index contributed by atoms with van der Waals surface area (Å²) in [5.41, 5.74) is 5.51. The van der Waals surface area contributed by atoms with Crippen molar-refractivity contribution >= 4 is 11.6 Å². The highest BCUT2D eigenvalue weighted by atomic mass is 35.5. The highest BCUT2D eigenvalue weighted by Gasteiger charge is 2.26. The fourth-order valence-corrected chi connectivity index (χ4v) is 1.48. The van der Waals surface area contributed by atoms with E-state index in [1.807, 2.05) is 0 Å². The van der Waals surface area contributed by atoms with Gasteiger partial charge in [0.2, 0.25) is 6.43 Å². The van der Waals surface area contributed by atoms with Crippen molar-refractivity contribution in [2.24, 2.45) is 12.8 Å². The first-order valence-corrected chi connectivity index (χ1v) is 4.10. The first kappa shape index (κ1) is 10.4. The Labute approximate surface area is 79.5 Å². The van der Waals surface area contributed by atoms with Gasteiger partial charge in [0.1, 0.15) is 0 Å². The third-order valence-electron chi connectivity index (χ3n) is 1.84. The lowest BCUT2D eigenvalue weighted by Crippen LogP contribution is -2.22. The molecule has 3 nitrogen and oxygen atoms in total. The topological polar surface area (TPSA) is 43.8 Å². The molecule has 0 amide bonds. The molecule has 74 valence electrons. The van der Waals surface area contributed by atoms with Gasteiger partial charge in [-0.3, -0.25) is 0 Å². The molecule has 2 N–H and O–H groups in total. The number of aryl methyl sites for hydroxylation is 1. The van der Waals surface area contributed by atoms with Crippen LogP contribution in [0.1, 0.15) is 11.6 Å². The van der Waals surface area contributed by atoms with Crippen molar-refractivity contribution in [1.82, 2.24) is 9.55 Å². The molecular formula is C7H10ClF2N3. The molecule has 1 aromatic rings. The first-order chi connectivity index (χ1) is 6.07. The molecule has 0 aliphatic rings. The average molecular weight is 210 g/mol. The van der Waals surface area contributed by atoms with E-state index in [4.69, 9.17) is 17.3 Å². The Morgan fingerprint density at radius 1 is 1.69 bits per heavy atom. The van der Waals surface area contributed by atoms with Gasteiger partial charge >= 0.3 is 0 Å². The number of rotatable bonds is 3. The summed E-state index contributed by atoms with van der Waals surface area (Å²) in [5, 5.41) is 0.0956. The molecular weight excluding hydrogens is 200 g/mol. The van der Waals surface area contributed by atoms with Crippen molar-refractivity contribution in [2.45, 2.75) is 12.3 Å². The van der Waals surface area contributed by atoms with Crippen LogP contribution in [-0.4, -0.2) is 22.5 Å². The van der Waals surface area contributed by atoms with E-state index in [0.29, 0.717) is 5.69 Å². The molecule has 0 aliphatic heterocycles. The van der Waals surface area contributed by atoms with Crippen LogP contribution in [0.5, 0.6) is 0 Å². The maximum Gasteiger partial charge on any atom is 0.248 e. The van der Waals surface area contributed by atoms with E-state index in [-0.39, 0.29) is 11.7 Å². The number of halogens is 3. The number of aromatic nitrogens is 2. The predicted molar refractivity (Wildman–Crippen MR) is 46.0 cm³/mol. The van der Waals surface area contributed by atoms with Gasteiger partial charge in [-0.1, -0.05) is 11.6 Å². The average Bonchev–Trinajstić information content (AvgIpc) is 2.36. The Morgan fingerprint density at radius 3 is 2.62 bits per heavy atom. The van der Waals surface area contributed by atoms with E-state index in [9.17, 15) is 8.78 Å². The van der Waals surface area contributed by atoms with Gasteiger partial charge in [-0.25, -0.2) is 13.8 Å². The summed E-state index contributed by atoms with van der Waals surface area (Å²) in [7, 11) is 1.61. The minimum Gasteiger partial charge on any atom is -0.336 e. The van der Waals surface area contributed by atoms with E-state index in [0.717, 1.165) is 0 Å². The van der Waals surface area contributed by atoms with Crippen molar-refractivity contribution in [3.8, 4) is 0 Å². The second kappa shape index (κ2) is 4.02. The standard InChI is InChI=1S/C7H10ClF2N3/c1-13-3-12-6(8)5(13)4(2-11)7(9)10/h3-4,7H,2,11H2,1H3. The monoisotopic (exact) mass is 209 g/mol. The summed E-state index contributed by atoms with van der Waals surface area (Å²) in [4.78, 5) is 3.71. The summed E-state index contributed by atoms with van der Waals surface area (Å²) in [5.74, 6) is -1.04. The highest BCUT2D eigenvalue weighted by molar-refractivity contribution is 6.30. The van der Waals surface area contributed by atoms with Crippen LogP contribution in [0.25, 0.3) is 0 Å². The van der Waals surface area contributed by atoms with Gasteiger partial charge in [0.25, 0.3) is 0 Å². The number of hydrogen-bond acceptors (Lipinski definition) is 2. The second-order valence-electron chi connectivity index (χ2n) is 2.71. The maximum absolute atomic E-state index is 12.4. The fraction of sp³-hybridized carbons (Fsp3) is 0.571. The van der Waals surface area contributed by atoms with Gasteiger partial charge in [-0.05, 0) is 0 Å². The Balaban J connectivity index is 3.03. The minimum absolute atomic E-state index is 0.0956. The first-order valence-electron chi connectivity index (χ1n) is 3.72. The van der Waals surface area contributed by atoms with Gasteiger partial charge in [0.15, 0.2) is 5.15 Å². The van der Waals surface area contributed by atoms with E-state index in [2.05, 4.69) is 4.98 Å². The summed E-state index contributed by atoms with van der Waals surface area (Å²) in [6, 6.07) is 0.